The van der Waals surface area contributed by atoms with Crippen LogP contribution in [-0.4, -0.2) is 36.0 Å². The van der Waals surface area contributed by atoms with E-state index in [1.165, 1.54) is 11.3 Å². The van der Waals surface area contributed by atoms with E-state index in [0.29, 0.717) is 16.1 Å². The van der Waals surface area contributed by atoms with Crippen LogP contribution in [0.1, 0.15) is 34.1 Å². The zero-order valence-corrected chi connectivity index (χ0v) is 19.0. The molecule has 0 saturated heterocycles. The van der Waals surface area contributed by atoms with E-state index in [9.17, 15) is 14.4 Å². The fourth-order valence-corrected chi connectivity index (χ4v) is 4.26. The van der Waals surface area contributed by atoms with Gasteiger partial charge in [-0.15, -0.1) is 11.3 Å². The van der Waals surface area contributed by atoms with Crippen molar-refractivity contribution < 1.29 is 23.9 Å². The first-order valence-corrected chi connectivity index (χ1v) is 10.9. The molecule has 1 aromatic carbocycles. The van der Waals surface area contributed by atoms with E-state index < -0.39 is 24.5 Å². The van der Waals surface area contributed by atoms with Crippen molar-refractivity contribution in [2.45, 2.75) is 27.2 Å². The topological polar surface area (TPSA) is 94.6 Å². The summed E-state index contributed by atoms with van der Waals surface area (Å²) in [6.45, 7) is 5.15. The lowest BCUT2D eigenvalue weighted by molar-refractivity contribution is -0.146. The maximum atomic E-state index is 12.5. The maximum Gasteiger partial charge on any atom is 0.341 e. The van der Waals surface area contributed by atoms with Gasteiger partial charge in [0.2, 0.25) is 0 Å². The number of pyridine rings is 1. The number of carbonyl (C=O) groups excluding carboxylic acids is 3. The average molecular weight is 453 g/mol. The average Bonchev–Trinajstić information content (AvgIpc) is 3.10. The molecular weight excluding hydrogens is 428 g/mol. The number of benzene rings is 1. The predicted octanol–water partition coefficient (Wildman–Crippen LogP) is 4.33. The molecule has 3 rings (SSSR count). The van der Waals surface area contributed by atoms with Gasteiger partial charge in [0.15, 0.2) is 6.61 Å². The van der Waals surface area contributed by atoms with Crippen LogP contribution in [0, 0.1) is 13.8 Å². The van der Waals surface area contributed by atoms with Crippen molar-refractivity contribution in [1.82, 2.24) is 4.98 Å². The Balaban J connectivity index is 1.70. The Morgan fingerprint density at radius 2 is 1.78 bits per heavy atom. The molecule has 0 aliphatic rings. The molecule has 0 aliphatic heterocycles. The molecule has 0 unspecified atom stereocenters. The molecule has 8 heteroatoms. The number of hydrogen-bond acceptors (Lipinski definition) is 7. The number of carbonyl (C=O) groups is 3. The summed E-state index contributed by atoms with van der Waals surface area (Å²) >= 11 is 1.28. The molecule has 32 heavy (non-hydrogen) atoms. The van der Waals surface area contributed by atoms with Crippen LogP contribution < -0.4 is 5.32 Å². The van der Waals surface area contributed by atoms with Gasteiger partial charge in [0.25, 0.3) is 5.91 Å². The summed E-state index contributed by atoms with van der Waals surface area (Å²) in [6, 6.07) is 13.2. The summed E-state index contributed by atoms with van der Waals surface area (Å²) in [5.74, 6) is -1.59. The first-order valence-electron chi connectivity index (χ1n) is 10.1. The minimum Gasteiger partial charge on any atom is -0.462 e. The van der Waals surface area contributed by atoms with Gasteiger partial charge >= 0.3 is 11.9 Å². The number of ether oxygens (including phenoxy) is 2. The van der Waals surface area contributed by atoms with Gasteiger partial charge in [-0.1, -0.05) is 36.4 Å². The summed E-state index contributed by atoms with van der Waals surface area (Å²) in [7, 11) is 0. The third-order valence-corrected chi connectivity index (χ3v) is 5.86. The summed E-state index contributed by atoms with van der Waals surface area (Å²) < 4.78 is 10.3. The number of thiophene rings is 1. The largest absolute Gasteiger partial charge is 0.462 e. The van der Waals surface area contributed by atoms with Crippen molar-refractivity contribution in [1.29, 1.82) is 0 Å². The summed E-state index contributed by atoms with van der Waals surface area (Å²) in [5, 5.41) is 3.06. The standard InChI is InChI=1S/C24H24N2O5S/c1-4-30-24(29)21-16(3)22(18-8-6-5-7-9-18)32-23(21)26-19(27)14-31-20(28)12-17-11-10-15(2)25-13-17/h5-11,13H,4,12,14H2,1-3H3,(H,26,27). The minimum atomic E-state index is -0.538. The van der Waals surface area contributed by atoms with Crippen LogP contribution in [0.2, 0.25) is 0 Å². The highest BCUT2D eigenvalue weighted by Crippen LogP contribution is 2.40. The van der Waals surface area contributed by atoms with Crippen LogP contribution in [0.3, 0.4) is 0 Å². The number of amides is 1. The van der Waals surface area contributed by atoms with Gasteiger partial charge in [-0.2, -0.15) is 0 Å². The maximum absolute atomic E-state index is 12.5. The fourth-order valence-electron chi connectivity index (χ4n) is 3.04. The zero-order valence-electron chi connectivity index (χ0n) is 18.1. The molecule has 3 aromatic rings. The van der Waals surface area contributed by atoms with Crippen molar-refractivity contribution in [3.05, 3.63) is 71.0 Å². The second-order valence-electron chi connectivity index (χ2n) is 7.04. The molecule has 0 aliphatic carbocycles. The first kappa shape index (κ1) is 23.1. The molecule has 2 aromatic heterocycles. The smallest absolute Gasteiger partial charge is 0.341 e. The van der Waals surface area contributed by atoms with Gasteiger partial charge in [-0.25, -0.2) is 4.79 Å². The fraction of sp³-hybridized carbons (Fsp3) is 0.250. The van der Waals surface area contributed by atoms with Crippen LogP contribution in [0.15, 0.2) is 48.7 Å². The molecule has 0 fully saturated rings. The van der Waals surface area contributed by atoms with E-state index in [4.69, 9.17) is 9.47 Å². The van der Waals surface area contributed by atoms with Gasteiger partial charge in [-0.3, -0.25) is 14.6 Å². The highest BCUT2D eigenvalue weighted by atomic mass is 32.1. The second-order valence-corrected chi connectivity index (χ2v) is 8.06. The molecule has 0 atom stereocenters. The normalized spacial score (nSPS) is 10.5. The number of rotatable bonds is 8. The summed E-state index contributed by atoms with van der Waals surface area (Å²) in [4.78, 5) is 42.0. The number of hydrogen-bond donors (Lipinski definition) is 1. The van der Waals surface area contributed by atoms with Crippen LogP contribution in [-0.2, 0) is 25.5 Å². The van der Waals surface area contributed by atoms with Crippen LogP contribution in [0.25, 0.3) is 10.4 Å². The highest BCUT2D eigenvalue weighted by molar-refractivity contribution is 7.20. The van der Waals surface area contributed by atoms with E-state index in [0.717, 1.165) is 21.7 Å². The Hall–Kier alpha value is -3.52. The third-order valence-electron chi connectivity index (χ3n) is 4.60. The monoisotopic (exact) mass is 452 g/mol. The molecule has 0 radical (unpaired) electrons. The van der Waals surface area contributed by atoms with Gasteiger partial charge in [-0.05, 0) is 43.5 Å². The second kappa shape index (κ2) is 10.7. The van der Waals surface area contributed by atoms with E-state index in [-0.39, 0.29) is 13.0 Å². The lowest BCUT2D eigenvalue weighted by Gasteiger charge is -2.08. The van der Waals surface area contributed by atoms with Crippen LogP contribution in [0.5, 0.6) is 0 Å². The lowest BCUT2D eigenvalue weighted by Crippen LogP contribution is -2.22. The lowest BCUT2D eigenvalue weighted by atomic mass is 10.1. The van der Waals surface area contributed by atoms with E-state index in [1.807, 2.05) is 44.2 Å². The van der Waals surface area contributed by atoms with Crippen LogP contribution >= 0.6 is 11.3 Å². The van der Waals surface area contributed by atoms with Crippen molar-refractivity contribution in [3.8, 4) is 10.4 Å². The van der Waals surface area contributed by atoms with Crippen LogP contribution in [0.4, 0.5) is 5.00 Å². The van der Waals surface area contributed by atoms with Gasteiger partial charge in [0.1, 0.15) is 5.00 Å². The van der Waals surface area contributed by atoms with Gasteiger partial charge < -0.3 is 14.8 Å². The first-order chi connectivity index (χ1) is 15.4. The molecule has 0 spiro atoms. The number of esters is 2. The molecule has 2 heterocycles. The predicted molar refractivity (Wildman–Crippen MR) is 123 cm³/mol. The molecule has 1 N–H and O–H groups in total. The molecule has 166 valence electrons. The van der Waals surface area contributed by atoms with E-state index in [1.54, 1.807) is 25.3 Å². The quantitative estimate of drug-likeness (QED) is 0.511. The van der Waals surface area contributed by atoms with E-state index in [2.05, 4.69) is 10.3 Å². The molecule has 0 saturated carbocycles. The third kappa shape index (κ3) is 5.79. The Labute approximate surface area is 190 Å². The number of aryl methyl sites for hydroxylation is 1. The van der Waals surface area contributed by atoms with Crippen molar-refractivity contribution in [2.75, 3.05) is 18.5 Å². The number of anilines is 1. The van der Waals surface area contributed by atoms with Gasteiger partial charge in [0.05, 0.1) is 18.6 Å². The Bertz CT molecular complexity index is 1110. The van der Waals surface area contributed by atoms with E-state index >= 15 is 0 Å². The Morgan fingerprint density at radius 1 is 1.03 bits per heavy atom. The molecule has 7 nitrogen and oxygen atoms in total. The van der Waals surface area contributed by atoms with Crippen molar-refractivity contribution in [3.63, 3.8) is 0 Å². The number of nitrogens with one attached hydrogen (secondary N) is 1. The zero-order chi connectivity index (χ0) is 23.1. The summed E-state index contributed by atoms with van der Waals surface area (Å²) in [5.41, 5.74) is 3.51. The molecule has 1 amide bonds. The summed E-state index contributed by atoms with van der Waals surface area (Å²) in [6.07, 6.45) is 1.62. The molecular formula is C24H24N2O5S. The minimum absolute atomic E-state index is 0.0188. The Kier molecular flexibility index (Phi) is 7.72. The molecule has 0 bridgehead atoms. The van der Waals surface area contributed by atoms with Crippen molar-refractivity contribution in [2.24, 2.45) is 0 Å². The number of nitrogens with zero attached hydrogens (tertiary/aromatic N) is 1. The number of aromatic nitrogens is 1. The Morgan fingerprint density at radius 3 is 2.44 bits per heavy atom. The van der Waals surface area contributed by atoms with Crippen molar-refractivity contribution >= 4 is 34.2 Å². The van der Waals surface area contributed by atoms with Gasteiger partial charge in [0, 0.05) is 16.8 Å². The highest BCUT2D eigenvalue weighted by Gasteiger charge is 2.24. The SMILES string of the molecule is CCOC(=O)c1c(NC(=O)COC(=O)Cc2ccc(C)nc2)sc(-c2ccccc2)c1C.